The van der Waals surface area contributed by atoms with Crippen LogP contribution in [0, 0.1) is 17.8 Å². The first-order valence-electron chi connectivity index (χ1n) is 14.9. The predicted molar refractivity (Wildman–Crippen MR) is 150 cm³/mol. The lowest BCUT2D eigenvalue weighted by Gasteiger charge is -2.56. The molecule has 39 heavy (non-hydrogen) atoms. The van der Waals surface area contributed by atoms with Crippen molar-refractivity contribution < 1.29 is 14.3 Å². The maximum Gasteiger partial charge on any atom is 0.410 e. The molecule has 5 aliphatic rings. The molecule has 2 amide bonds. The number of aromatic nitrogens is 3. The number of carbonyl (C=O) groups excluding carboxylic acids is 2. The summed E-state index contributed by atoms with van der Waals surface area (Å²) in [6, 6.07) is 4.18. The van der Waals surface area contributed by atoms with Crippen molar-refractivity contribution in [3.63, 3.8) is 0 Å². The molecule has 0 unspecified atom stereocenters. The fourth-order valence-electron chi connectivity index (χ4n) is 8.36. The second-order valence-corrected chi connectivity index (χ2v) is 14.9. The van der Waals surface area contributed by atoms with Gasteiger partial charge in [-0.2, -0.15) is 5.10 Å². The van der Waals surface area contributed by atoms with Crippen LogP contribution in [0.1, 0.15) is 115 Å². The Morgan fingerprint density at radius 3 is 2.15 bits per heavy atom. The van der Waals surface area contributed by atoms with Gasteiger partial charge in [0.2, 0.25) is 0 Å². The average Bonchev–Trinajstić information content (AvgIpc) is 3.24. The molecule has 212 valence electrons. The van der Waals surface area contributed by atoms with Crippen molar-refractivity contribution in [3.05, 3.63) is 29.2 Å². The van der Waals surface area contributed by atoms with Gasteiger partial charge in [0.15, 0.2) is 11.3 Å². The molecule has 5 fully saturated rings. The van der Waals surface area contributed by atoms with Gasteiger partial charge in [-0.15, -0.1) is 0 Å². The lowest BCUT2D eigenvalue weighted by molar-refractivity contribution is -0.0110. The zero-order chi connectivity index (χ0) is 27.9. The van der Waals surface area contributed by atoms with Crippen molar-refractivity contribution in [2.45, 2.75) is 109 Å². The Morgan fingerprint density at radius 1 is 1.00 bits per heavy atom. The minimum Gasteiger partial charge on any atom is -0.444 e. The van der Waals surface area contributed by atoms with Crippen LogP contribution in [0.15, 0.2) is 12.1 Å². The van der Waals surface area contributed by atoms with E-state index < -0.39 is 11.1 Å². The van der Waals surface area contributed by atoms with E-state index in [1.54, 1.807) is 4.90 Å². The Labute approximate surface area is 232 Å². The topological polar surface area (TPSA) is 80.0 Å². The van der Waals surface area contributed by atoms with Crippen molar-refractivity contribution in [1.29, 1.82) is 0 Å². The van der Waals surface area contributed by atoms with Crippen LogP contribution < -0.4 is 0 Å². The van der Waals surface area contributed by atoms with E-state index in [9.17, 15) is 9.59 Å². The summed E-state index contributed by atoms with van der Waals surface area (Å²) >= 11 is 0. The first-order valence-corrected chi connectivity index (χ1v) is 14.9. The number of carbonyl (C=O) groups is 2. The summed E-state index contributed by atoms with van der Waals surface area (Å²) in [5, 5.41) is 4.82. The van der Waals surface area contributed by atoms with Crippen LogP contribution in [0.4, 0.5) is 4.79 Å². The quantitative estimate of drug-likeness (QED) is 0.497. The monoisotopic (exact) mass is 535 g/mol. The highest BCUT2D eigenvalue weighted by molar-refractivity contribution is 5.94. The Hall–Kier alpha value is -2.64. The summed E-state index contributed by atoms with van der Waals surface area (Å²) < 4.78 is 7.48. The summed E-state index contributed by atoms with van der Waals surface area (Å²) in [5.41, 5.74) is 2.63. The highest BCUT2D eigenvalue weighted by Gasteiger charge is 2.52. The molecule has 2 aromatic heterocycles. The lowest BCUT2D eigenvalue weighted by atomic mass is 9.49. The number of hydrogen-bond acceptors (Lipinski definition) is 5. The second-order valence-electron chi connectivity index (χ2n) is 14.9. The number of hydrogen-bond donors (Lipinski definition) is 0. The molecule has 0 atom stereocenters. The first kappa shape index (κ1) is 26.6. The average molecular weight is 536 g/mol. The van der Waals surface area contributed by atoms with Gasteiger partial charge in [-0.05, 0) is 103 Å². The van der Waals surface area contributed by atoms with Crippen LogP contribution in [-0.4, -0.2) is 67.2 Å². The van der Waals surface area contributed by atoms with Gasteiger partial charge in [-0.1, -0.05) is 13.8 Å². The number of ether oxygens (including phenoxy) is 1. The molecule has 8 heteroatoms. The molecule has 0 spiro atoms. The fraction of sp³-hybridized carbons (Fsp3) is 0.742. The SMILES string of the molecule is CC(C)c1cc(C23CC4CC(CC(C4)C2)C3)nc2cc(C(=O)N3CCN(C(=O)OC(C)(C)C)CC3(C)C)nn12. The first-order chi connectivity index (χ1) is 18.2. The molecular formula is C31H45N5O3. The normalized spacial score (nSPS) is 29.9. The summed E-state index contributed by atoms with van der Waals surface area (Å²) in [5.74, 6) is 2.70. The highest BCUT2D eigenvalue weighted by Crippen LogP contribution is 2.60. The van der Waals surface area contributed by atoms with Gasteiger partial charge in [0.1, 0.15) is 5.60 Å². The molecule has 0 aromatic carbocycles. The van der Waals surface area contributed by atoms with Crippen molar-refractivity contribution in [2.75, 3.05) is 19.6 Å². The number of nitrogens with zero attached hydrogens (tertiary/aromatic N) is 5. The van der Waals surface area contributed by atoms with Crippen molar-refractivity contribution >= 4 is 17.6 Å². The predicted octanol–water partition coefficient (Wildman–Crippen LogP) is 5.79. The van der Waals surface area contributed by atoms with Crippen molar-refractivity contribution in [2.24, 2.45) is 17.8 Å². The van der Waals surface area contributed by atoms with Crippen LogP contribution >= 0.6 is 0 Å². The van der Waals surface area contributed by atoms with Gasteiger partial charge >= 0.3 is 6.09 Å². The largest absolute Gasteiger partial charge is 0.444 e. The van der Waals surface area contributed by atoms with Gasteiger partial charge in [-0.25, -0.2) is 14.3 Å². The van der Waals surface area contributed by atoms with E-state index >= 15 is 0 Å². The number of amides is 2. The molecule has 4 bridgehead atoms. The molecule has 1 aliphatic heterocycles. The smallest absolute Gasteiger partial charge is 0.410 e. The van der Waals surface area contributed by atoms with E-state index in [0.717, 1.165) is 29.1 Å². The molecule has 1 saturated heterocycles. The van der Waals surface area contributed by atoms with E-state index in [4.69, 9.17) is 14.8 Å². The molecule has 0 N–H and O–H groups in total. The Bertz CT molecular complexity index is 1270. The third-order valence-electron chi connectivity index (χ3n) is 9.65. The molecule has 8 nitrogen and oxygen atoms in total. The third-order valence-corrected chi connectivity index (χ3v) is 9.65. The Morgan fingerprint density at radius 2 is 1.62 bits per heavy atom. The maximum atomic E-state index is 13.9. The molecule has 4 saturated carbocycles. The van der Waals surface area contributed by atoms with Gasteiger partial charge in [-0.3, -0.25) is 4.79 Å². The second kappa shape index (κ2) is 8.93. The summed E-state index contributed by atoms with van der Waals surface area (Å²) in [6.07, 6.45) is 7.66. The van der Waals surface area contributed by atoms with Gasteiger partial charge < -0.3 is 14.5 Å². The molecule has 7 rings (SSSR count). The number of fused-ring (bicyclic) bond motifs is 1. The standard InChI is InChI=1S/C31H45N5O3/c1-19(2)24-14-25(31-15-20-10-21(16-31)12-22(11-20)17-31)32-26-13-23(33-36(24)26)27(37)35-9-8-34(18-30(35,6)7)28(38)39-29(3,4)5/h13-14,19-22H,8-12,15-18H2,1-7H3. The van der Waals surface area contributed by atoms with Crippen LogP contribution in [0.25, 0.3) is 5.65 Å². The summed E-state index contributed by atoms with van der Waals surface area (Å²) in [6.45, 7) is 15.3. The molecule has 3 heterocycles. The number of rotatable bonds is 3. The van der Waals surface area contributed by atoms with E-state index in [-0.39, 0.29) is 23.3 Å². The molecule has 2 aromatic rings. The van der Waals surface area contributed by atoms with E-state index in [1.165, 1.54) is 44.2 Å². The van der Waals surface area contributed by atoms with Crippen LogP contribution in [0.2, 0.25) is 0 Å². The van der Waals surface area contributed by atoms with Crippen LogP contribution in [0.5, 0.6) is 0 Å². The fourth-order valence-corrected chi connectivity index (χ4v) is 8.36. The molecule has 4 aliphatic carbocycles. The minimum atomic E-state index is -0.555. The van der Waals surface area contributed by atoms with E-state index in [1.807, 2.05) is 50.1 Å². The zero-order valence-corrected chi connectivity index (χ0v) is 24.8. The van der Waals surface area contributed by atoms with Crippen molar-refractivity contribution in [3.8, 4) is 0 Å². The number of piperazine rings is 1. The summed E-state index contributed by atoms with van der Waals surface area (Å²) in [4.78, 5) is 35.3. The highest BCUT2D eigenvalue weighted by atomic mass is 16.6. The molecule has 0 radical (unpaired) electrons. The summed E-state index contributed by atoms with van der Waals surface area (Å²) in [7, 11) is 0. The van der Waals surface area contributed by atoms with Crippen LogP contribution in [0.3, 0.4) is 0 Å². The third kappa shape index (κ3) is 4.71. The van der Waals surface area contributed by atoms with Gasteiger partial charge in [0.25, 0.3) is 5.91 Å². The Kier molecular flexibility index (Phi) is 6.09. The van der Waals surface area contributed by atoms with Crippen molar-refractivity contribution in [1.82, 2.24) is 24.4 Å². The van der Waals surface area contributed by atoms with Gasteiger partial charge in [0.05, 0.1) is 11.2 Å². The lowest BCUT2D eigenvalue weighted by Crippen LogP contribution is -2.62. The van der Waals surface area contributed by atoms with E-state index in [2.05, 4.69) is 19.9 Å². The Balaban J connectivity index is 1.29. The maximum absolute atomic E-state index is 13.9. The minimum absolute atomic E-state index is 0.111. The van der Waals surface area contributed by atoms with Gasteiger partial charge in [0, 0.05) is 36.8 Å². The van der Waals surface area contributed by atoms with E-state index in [0.29, 0.717) is 25.3 Å². The van der Waals surface area contributed by atoms with Crippen LogP contribution in [-0.2, 0) is 10.2 Å². The molecular weight excluding hydrogens is 490 g/mol. The zero-order valence-electron chi connectivity index (χ0n) is 24.8.